The van der Waals surface area contributed by atoms with Gasteiger partial charge in [-0.15, -0.1) is 0 Å². The summed E-state index contributed by atoms with van der Waals surface area (Å²) in [5, 5.41) is 13.0. The number of fused-ring (bicyclic) bond motifs is 1. The van der Waals surface area contributed by atoms with Crippen LogP contribution in [0.2, 0.25) is 0 Å². The SMILES string of the molecule is CC(O)CCNC(=O)c1cc(C(C)C)nc2ccccc12. The Morgan fingerprint density at radius 2 is 2.00 bits per heavy atom. The number of para-hydroxylation sites is 1. The largest absolute Gasteiger partial charge is 0.393 e. The van der Waals surface area contributed by atoms with Crippen LogP contribution in [0, 0.1) is 0 Å². The summed E-state index contributed by atoms with van der Waals surface area (Å²) in [4.78, 5) is 17.0. The van der Waals surface area contributed by atoms with Gasteiger partial charge < -0.3 is 10.4 Å². The first-order chi connectivity index (χ1) is 9.99. The average molecular weight is 286 g/mol. The van der Waals surface area contributed by atoms with Crippen LogP contribution in [0.4, 0.5) is 0 Å². The van der Waals surface area contributed by atoms with Gasteiger partial charge in [0.2, 0.25) is 0 Å². The topological polar surface area (TPSA) is 62.2 Å². The molecule has 4 nitrogen and oxygen atoms in total. The number of nitrogens with one attached hydrogen (secondary N) is 1. The van der Waals surface area contributed by atoms with Gasteiger partial charge in [-0.3, -0.25) is 9.78 Å². The number of aromatic nitrogens is 1. The van der Waals surface area contributed by atoms with Crippen molar-refractivity contribution in [3.8, 4) is 0 Å². The van der Waals surface area contributed by atoms with Gasteiger partial charge in [-0.05, 0) is 31.4 Å². The van der Waals surface area contributed by atoms with Crippen molar-refractivity contribution in [2.24, 2.45) is 0 Å². The second-order valence-corrected chi connectivity index (χ2v) is 5.66. The van der Waals surface area contributed by atoms with Gasteiger partial charge in [-0.25, -0.2) is 0 Å². The Bertz CT molecular complexity index is 636. The standard InChI is InChI=1S/C17H22N2O2/c1-11(2)16-10-14(17(21)18-9-8-12(3)20)13-6-4-5-7-15(13)19-16/h4-7,10-12,20H,8-9H2,1-3H3,(H,18,21). The Labute approximate surface area is 125 Å². The third-order valence-corrected chi connectivity index (χ3v) is 3.42. The van der Waals surface area contributed by atoms with E-state index in [4.69, 9.17) is 0 Å². The lowest BCUT2D eigenvalue weighted by Crippen LogP contribution is -2.27. The highest BCUT2D eigenvalue weighted by atomic mass is 16.3. The number of hydrogen-bond donors (Lipinski definition) is 2. The number of hydrogen-bond acceptors (Lipinski definition) is 3. The fourth-order valence-electron chi connectivity index (χ4n) is 2.17. The molecule has 0 saturated carbocycles. The molecule has 1 atom stereocenters. The van der Waals surface area contributed by atoms with Crippen molar-refractivity contribution in [2.75, 3.05) is 6.54 Å². The Morgan fingerprint density at radius 1 is 1.29 bits per heavy atom. The highest BCUT2D eigenvalue weighted by Crippen LogP contribution is 2.22. The number of nitrogens with zero attached hydrogens (tertiary/aromatic N) is 1. The normalized spacial score (nSPS) is 12.6. The van der Waals surface area contributed by atoms with Crippen LogP contribution in [0.1, 0.15) is 49.2 Å². The maximum Gasteiger partial charge on any atom is 0.252 e. The summed E-state index contributed by atoms with van der Waals surface area (Å²) in [6.07, 6.45) is 0.136. The van der Waals surface area contributed by atoms with E-state index in [1.54, 1.807) is 6.92 Å². The first-order valence-electron chi connectivity index (χ1n) is 7.35. The van der Waals surface area contributed by atoms with Crippen LogP contribution in [0.3, 0.4) is 0 Å². The van der Waals surface area contributed by atoms with Gasteiger partial charge in [0.15, 0.2) is 0 Å². The second-order valence-electron chi connectivity index (χ2n) is 5.66. The summed E-state index contributed by atoms with van der Waals surface area (Å²) >= 11 is 0. The average Bonchev–Trinajstić information content (AvgIpc) is 2.45. The third-order valence-electron chi connectivity index (χ3n) is 3.42. The number of carbonyl (C=O) groups excluding carboxylic acids is 1. The molecule has 1 unspecified atom stereocenters. The number of amides is 1. The van der Waals surface area contributed by atoms with Crippen LogP contribution in [0.25, 0.3) is 10.9 Å². The lowest BCUT2D eigenvalue weighted by Gasteiger charge is -2.12. The molecule has 1 amide bonds. The van der Waals surface area contributed by atoms with E-state index in [1.165, 1.54) is 0 Å². The minimum absolute atomic E-state index is 0.115. The van der Waals surface area contributed by atoms with E-state index in [1.807, 2.05) is 30.3 Å². The van der Waals surface area contributed by atoms with Gasteiger partial charge in [-0.1, -0.05) is 32.0 Å². The molecule has 0 aliphatic heterocycles. The van der Waals surface area contributed by atoms with Gasteiger partial charge in [0.1, 0.15) is 0 Å². The zero-order chi connectivity index (χ0) is 15.4. The van der Waals surface area contributed by atoms with Gasteiger partial charge in [0.25, 0.3) is 5.91 Å². The molecule has 4 heteroatoms. The lowest BCUT2D eigenvalue weighted by molar-refractivity contribution is 0.0947. The van der Waals surface area contributed by atoms with E-state index >= 15 is 0 Å². The van der Waals surface area contributed by atoms with E-state index in [-0.39, 0.29) is 11.8 Å². The predicted molar refractivity (Wildman–Crippen MR) is 84.5 cm³/mol. The maximum atomic E-state index is 12.4. The van der Waals surface area contributed by atoms with E-state index in [0.717, 1.165) is 16.6 Å². The Balaban J connectivity index is 2.34. The highest BCUT2D eigenvalue weighted by molar-refractivity contribution is 6.06. The summed E-state index contributed by atoms with van der Waals surface area (Å²) < 4.78 is 0. The first kappa shape index (κ1) is 15.4. The molecule has 0 aliphatic carbocycles. The molecule has 0 saturated heterocycles. The molecule has 21 heavy (non-hydrogen) atoms. The zero-order valence-electron chi connectivity index (χ0n) is 12.8. The van der Waals surface area contributed by atoms with Crippen LogP contribution < -0.4 is 5.32 Å². The molecule has 1 heterocycles. The van der Waals surface area contributed by atoms with Gasteiger partial charge in [0.05, 0.1) is 17.2 Å². The smallest absolute Gasteiger partial charge is 0.252 e. The summed E-state index contributed by atoms with van der Waals surface area (Å²) in [6, 6.07) is 9.54. The second kappa shape index (κ2) is 6.68. The minimum Gasteiger partial charge on any atom is -0.393 e. The van der Waals surface area contributed by atoms with Crippen molar-refractivity contribution >= 4 is 16.8 Å². The van der Waals surface area contributed by atoms with Crippen LogP contribution in [0.5, 0.6) is 0 Å². The molecule has 2 rings (SSSR count). The van der Waals surface area contributed by atoms with Crippen molar-refractivity contribution in [1.29, 1.82) is 0 Å². The molecule has 2 N–H and O–H groups in total. The van der Waals surface area contributed by atoms with Gasteiger partial charge in [-0.2, -0.15) is 0 Å². The van der Waals surface area contributed by atoms with Crippen LogP contribution in [0.15, 0.2) is 30.3 Å². The Hall–Kier alpha value is -1.94. The number of carbonyl (C=O) groups is 1. The van der Waals surface area contributed by atoms with Crippen molar-refractivity contribution < 1.29 is 9.90 Å². The quantitative estimate of drug-likeness (QED) is 0.888. The fraction of sp³-hybridized carbons (Fsp3) is 0.412. The number of aliphatic hydroxyl groups is 1. The summed E-state index contributed by atoms with van der Waals surface area (Å²) in [7, 11) is 0. The molecule has 2 aromatic rings. The summed E-state index contributed by atoms with van der Waals surface area (Å²) in [5.74, 6) is 0.148. The van der Waals surface area contributed by atoms with E-state index in [9.17, 15) is 9.90 Å². The molecule has 0 fully saturated rings. The van der Waals surface area contributed by atoms with Crippen molar-refractivity contribution in [3.05, 3.63) is 41.6 Å². The molecule has 1 aromatic carbocycles. The monoisotopic (exact) mass is 286 g/mol. The van der Waals surface area contributed by atoms with E-state index in [0.29, 0.717) is 18.5 Å². The predicted octanol–water partition coefficient (Wildman–Crippen LogP) is 2.86. The fourth-order valence-corrected chi connectivity index (χ4v) is 2.17. The minimum atomic E-state index is -0.411. The van der Waals surface area contributed by atoms with Crippen molar-refractivity contribution in [1.82, 2.24) is 10.3 Å². The number of rotatable bonds is 5. The van der Waals surface area contributed by atoms with Crippen LogP contribution in [-0.4, -0.2) is 28.6 Å². The molecule has 0 aliphatic rings. The van der Waals surface area contributed by atoms with Gasteiger partial charge >= 0.3 is 0 Å². The summed E-state index contributed by atoms with van der Waals surface area (Å²) in [6.45, 7) is 6.30. The lowest BCUT2D eigenvalue weighted by atomic mass is 10.0. The first-order valence-corrected chi connectivity index (χ1v) is 7.35. The van der Waals surface area contributed by atoms with E-state index in [2.05, 4.69) is 24.1 Å². The van der Waals surface area contributed by atoms with Crippen molar-refractivity contribution in [3.63, 3.8) is 0 Å². The van der Waals surface area contributed by atoms with Gasteiger partial charge in [0, 0.05) is 17.6 Å². The molecular weight excluding hydrogens is 264 g/mol. The number of pyridine rings is 1. The maximum absolute atomic E-state index is 12.4. The molecule has 0 bridgehead atoms. The van der Waals surface area contributed by atoms with E-state index < -0.39 is 6.10 Å². The zero-order valence-corrected chi connectivity index (χ0v) is 12.8. The Morgan fingerprint density at radius 3 is 2.67 bits per heavy atom. The molecule has 1 aromatic heterocycles. The third kappa shape index (κ3) is 3.79. The Kier molecular flexibility index (Phi) is 4.91. The van der Waals surface area contributed by atoms with Crippen LogP contribution >= 0.6 is 0 Å². The van der Waals surface area contributed by atoms with Crippen molar-refractivity contribution in [2.45, 2.75) is 39.2 Å². The highest BCUT2D eigenvalue weighted by Gasteiger charge is 2.14. The number of aliphatic hydroxyl groups excluding tert-OH is 1. The summed E-state index contributed by atoms with van der Waals surface area (Å²) in [5.41, 5.74) is 2.40. The molecule has 112 valence electrons. The van der Waals surface area contributed by atoms with Crippen LogP contribution in [-0.2, 0) is 0 Å². The molecule has 0 spiro atoms. The number of benzene rings is 1. The molecule has 0 radical (unpaired) electrons. The molecular formula is C17H22N2O2.